The SMILES string of the molecule is CCN(C(=O)c1ccnc(C(=O)NCc2ccccc2F)c1)c1cccc(C)c1. The number of pyridine rings is 1. The van der Waals surface area contributed by atoms with Crippen molar-refractivity contribution in [3.05, 3.63) is 95.1 Å². The molecule has 3 rings (SSSR count). The van der Waals surface area contributed by atoms with Gasteiger partial charge in [0.25, 0.3) is 11.8 Å². The van der Waals surface area contributed by atoms with Gasteiger partial charge < -0.3 is 10.2 Å². The lowest BCUT2D eigenvalue weighted by Gasteiger charge is -2.21. The van der Waals surface area contributed by atoms with Gasteiger partial charge >= 0.3 is 0 Å². The highest BCUT2D eigenvalue weighted by Crippen LogP contribution is 2.19. The van der Waals surface area contributed by atoms with Crippen molar-refractivity contribution < 1.29 is 14.0 Å². The second kappa shape index (κ2) is 9.10. The van der Waals surface area contributed by atoms with Gasteiger partial charge in [0.15, 0.2) is 0 Å². The van der Waals surface area contributed by atoms with Crippen molar-refractivity contribution in [1.82, 2.24) is 10.3 Å². The number of hydrogen-bond acceptors (Lipinski definition) is 3. The van der Waals surface area contributed by atoms with Crippen molar-refractivity contribution in [2.45, 2.75) is 20.4 Å². The smallest absolute Gasteiger partial charge is 0.270 e. The number of anilines is 1. The molecule has 5 nitrogen and oxygen atoms in total. The first-order valence-electron chi connectivity index (χ1n) is 9.35. The number of hydrogen-bond donors (Lipinski definition) is 1. The van der Waals surface area contributed by atoms with Crippen LogP contribution in [0.1, 0.15) is 38.9 Å². The number of halogens is 1. The molecule has 0 bridgehead atoms. The van der Waals surface area contributed by atoms with Crippen LogP contribution >= 0.6 is 0 Å². The molecule has 0 atom stereocenters. The predicted octanol–water partition coefficient (Wildman–Crippen LogP) is 4.13. The summed E-state index contributed by atoms with van der Waals surface area (Å²) in [5, 5.41) is 2.64. The van der Waals surface area contributed by atoms with Crippen molar-refractivity contribution in [2.75, 3.05) is 11.4 Å². The van der Waals surface area contributed by atoms with Crippen LogP contribution in [0.4, 0.5) is 10.1 Å². The highest BCUT2D eigenvalue weighted by atomic mass is 19.1. The Balaban J connectivity index is 1.76. The van der Waals surface area contributed by atoms with Crippen LogP contribution in [0.3, 0.4) is 0 Å². The summed E-state index contributed by atoms with van der Waals surface area (Å²) in [7, 11) is 0. The third-order valence-electron chi connectivity index (χ3n) is 4.51. The van der Waals surface area contributed by atoms with Crippen LogP contribution in [0.25, 0.3) is 0 Å². The molecule has 1 heterocycles. The molecular formula is C23H22FN3O2. The zero-order valence-electron chi connectivity index (χ0n) is 16.4. The fraction of sp³-hybridized carbons (Fsp3) is 0.174. The van der Waals surface area contributed by atoms with Crippen LogP contribution in [-0.2, 0) is 6.54 Å². The van der Waals surface area contributed by atoms with Gasteiger partial charge in [0, 0.05) is 36.1 Å². The number of rotatable bonds is 6. The van der Waals surface area contributed by atoms with Crippen molar-refractivity contribution in [2.24, 2.45) is 0 Å². The van der Waals surface area contributed by atoms with Crippen molar-refractivity contribution >= 4 is 17.5 Å². The first-order valence-corrected chi connectivity index (χ1v) is 9.35. The minimum absolute atomic E-state index is 0.0374. The fourth-order valence-electron chi connectivity index (χ4n) is 2.99. The van der Waals surface area contributed by atoms with Crippen LogP contribution in [-0.4, -0.2) is 23.3 Å². The molecular weight excluding hydrogens is 369 g/mol. The number of carbonyl (C=O) groups excluding carboxylic acids is 2. The Labute approximate surface area is 169 Å². The average Bonchev–Trinajstić information content (AvgIpc) is 2.73. The molecule has 3 aromatic rings. The first-order chi connectivity index (χ1) is 14.0. The summed E-state index contributed by atoms with van der Waals surface area (Å²) in [6.45, 7) is 4.38. The number of amides is 2. The van der Waals surface area contributed by atoms with Gasteiger partial charge in [-0.3, -0.25) is 14.6 Å². The zero-order valence-corrected chi connectivity index (χ0v) is 16.4. The predicted molar refractivity (Wildman–Crippen MR) is 110 cm³/mol. The quantitative estimate of drug-likeness (QED) is 0.687. The highest BCUT2D eigenvalue weighted by molar-refractivity contribution is 6.07. The Morgan fingerprint density at radius 3 is 2.59 bits per heavy atom. The normalized spacial score (nSPS) is 10.4. The molecule has 29 heavy (non-hydrogen) atoms. The summed E-state index contributed by atoms with van der Waals surface area (Å²) in [4.78, 5) is 31.1. The van der Waals surface area contributed by atoms with Gasteiger partial charge in [-0.05, 0) is 49.7 Å². The summed E-state index contributed by atoms with van der Waals surface area (Å²) in [5.74, 6) is -1.08. The molecule has 2 amide bonds. The van der Waals surface area contributed by atoms with Gasteiger partial charge in [-0.15, -0.1) is 0 Å². The number of nitrogens with one attached hydrogen (secondary N) is 1. The molecule has 0 radical (unpaired) electrons. The Morgan fingerprint density at radius 1 is 1.07 bits per heavy atom. The van der Waals surface area contributed by atoms with E-state index in [1.54, 1.807) is 29.2 Å². The Bertz CT molecular complexity index is 1040. The van der Waals surface area contributed by atoms with Gasteiger partial charge in [-0.25, -0.2) is 4.39 Å². The van der Waals surface area contributed by atoms with E-state index in [-0.39, 0.29) is 24.0 Å². The number of benzene rings is 2. The lowest BCUT2D eigenvalue weighted by atomic mass is 10.1. The van der Waals surface area contributed by atoms with Gasteiger partial charge in [0.1, 0.15) is 11.5 Å². The molecule has 1 aromatic heterocycles. The topological polar surface area (TPSA) is 62.3 Å². The summed E-state index contributed by atoms with van der Waals surface area (Å²) in [6, 6.07) is 16.9. The first kappa shape index (κ1) is 20.2. The maximum atomic E-state index is 13.7. The second-order valence-electron chi connectivity index (χ2n) is 6.59. The zero-order chi connectivity index (χ0) is 20.8. The van der Waals surface area contributed by atoms with Crippen molar-refractivity contribution in [3.63, 3.8) is 0 Å². The molecule has 0 unspecified atom stereocenters. The second-order valence-corrected chi connectivity index (χ2v) is 6.59. The van der Waals surface area contributed by atoms with E-state index in [0.717, 1.165) is 11.3 Å². The minimum atomic E-state index is -0.471. The molecule has 1 N–H and O–H groups in total. The van der Waals surface area contributed by atoms with E-state index in [2.05, 4.69) is 10.3 Å². The molecule has 0 spiro atoms. The van der Waals surface area contributed by atoms with E-state index in [1.807, 2.05) is 38.1 Å². The summed E-state index contributed by atoms with van der Waals surface area (Å²) >= 11 is 0. The van der Waals surface area contributed by atoms with Crippen LogP contribution in [0.15, 0.2) is 66.9 Å². The molecule has 0 aliphatic carbocycles. The van der Waals surface area contributed by atoms with Crippen molar-refractivity contribution in [3.8, 4) is 0 Å². The Morgan fingerprint density at radius 2 is 1.86 bits per heavy atom. The number of carbonyl (C=O) groups is 2. The Kier molecular flexibility index (Phi) is 6.34. The van der Waals surface area contributed by atoms with Gasteiger partial charge in [0.2, 0.25) is 0 Å². The molecule has 6 heteroatoms. The largest absolute Gasteiger partial charge is 0.347 e. The number of aryl methyl sites for hydroxylation is 1. The average molecular weight is 391 g/mol. The maximum Gasteiger partial charge on any atom is 0.270 e. The van der Waals surface area contributed by atoms with E-state index in [0.29, 0.717) is 17.7 Å². The molecule has 0 saturated heterocycles. The number of nitrogens with zero attached hydrogens (tertiary/aromatic N) is 2. The van der Waals surface area contributed by atoms with E-state index in [9.17, 15) is 14.0 Å². The third-order valence-corrected chi connectivity index (χ3v) is 4.51. The molecule has 0 aliphatic rings. The molecule has 148 valence electrons. The maximum absolute atomic E-state index is 13.7. The van der Waals surface area contributed by atoms with Crippen molar-refractivity contribution in [1.29, 1.82) is 0 Å². The lowest BCUT2D eigenvalue weighted by molar-refractivity contribution is 0.0945. The summed E-state index contributed by atoms with van der Waals surface area (Å²) in [6.07, 6.45) is 1.43. The van der Waals surface area contributed by atoms with Gasteiger partial charge in [-0.2, -0.15) is 0 Å². The van der Waals surface area contributed by atoms with E-state index in [1.165, 1.54) is 18.3 Å². The van der Waals surface area contributed by atoms with E-state index >= 15 is 0 Å². The monoisotopic (exact) mass is 391 g/mol. The Hall–Kier alpha value is -3.54. The molecule has 2 aromatic carbocycles. The highest BCUT2D eigenvalue weighted by Gasteiger charge is 2.18. The summed E-state index contributed by atoms with van der Waals surface area (Å²) < 4.78 is 13.7. The molecule has 0 fully saturated rings. The minimum Gasteiger partial charge on any atom is -0.347 e. The van der Waals surface area contributed by atoms with Crippen LogP contribution in [0.2, 0.25) is 0 Å². The molecule has 0 saturated carbocycles. The fourth-order valence-corrected chi connectivity index (χ4v) is 2.99. The third kappa shape index (κ3) is 4.85. The van der Waals surface area contributed by atoms with E-state index < -0.39 is 5.91 Å². The lowest BCUT2D eigenvalue weighted by Crippen LogP contribution is -2.31. The van der Waals surface area contributed by atoms with Gasteiger partial charge in [-0.1, -0.05) is 30.3 Å². The molecule has 0 aliphatic heterocycles. The van der Waals surface area contributed by atoms with Gasteiger partial charge in [0.05, 0.1) is 0 Å². The standard InChI is InChI=1S/C23H22FN3O2/c1-3-27(19-9-6-7-16(2)13-19)23(29)17-11-12-25-21(14-17)22(28)26-15-18-8-4-5-10-20(18)24/h4-14H,3,15H2,1-2H3,(H,26,28). The number of aromatic nitrogens is 1. The van der Waals surface area contributed by atoms with Crippen LogP contribution in [0.5, 0.6) is 0 Å². The van der Waals surface area contributed by atoms with E-state index in [4.69, 9.17) is 0 Å². The summed E-state index contributed by atoms with van der Waals surface area (Å²) in [5.41, 5.74) is 2.69. The van der Waals surface area contributed by atoms with Crippen LogP contribution < -0.4 is 10.2 Å². The van der Waals surface area contributed by atoms with Crippen LogP contribution in [0, 0.1) is 12.7 Å².